The van der Waals surface area contributed by atoms with Crippen LogP contribution in [0.4, 0.5) is 5.69 Å². The Balaban J connectivity index is 2.01. The van der Waals surface area contributed by atoms with Crippen molar-refractivity contribution in [3.05, 3.63) is 63.6 Å². The standard InChI is InChI=1S/C16H13BrClNO3/c1-10(15(20)19-14-9-5-4-8-13(14)18)22-16(21)11-6-2-3-7-12(11)17/h2-10H,1H3,(H,19,20)/t10-/m0/s1. The third kappa shape index (κ3) is 4.08. The molecule has 1 amide bonds. The van der Waals surface area contributed by atoms with E-state index in [-0.39, 0.29) is 0 Å². The van der Waals surface area contributed by atoms with Crippen molar-refractivity contribution in [2.75, 3.05) is 5.32 Å². The molecule has 0 radical (unpaired) electrons. The van der Waals surface area contributed by atoms with Gasteiger partial charge in [-0.15, -0.1) is 0 Å². The smallest absolute Gasteiger partial charge is 0.340 e. The fraction of sp³-hybridized carbons (Fsp3) is 0.125. The van der Waals surface area contributed by atoms with Crippen LogP contribution in [0.2, 0.25) is 5.02 Å². The molecule has 0 fully saturated rings. The lowest BCUT2D eigenvalue weighted by atomic mass is 10.2. The van der Waals surface area contributed by atoms with Crippen LogP contribution in [0.15, 0.2) is 53.0 Å². The molecule has 1 N–H and O–H groups in total. The molecule has 0 bridgehead atoms. The van der Waals surface area contributed by atoms with Gasteiger partial charge in [0.2, 0.25) is 0 Å². The average molecular weight is 383 g/mol. The van der Waals surface area contributed by atoms with Crippen LogP contribution in [0.25, 0.3) is 0 Å². The number of para-hydroxylation sites is 1. The molecule has 0 aliphatic heterocycles. The number of anilines is 1. The summed E-state index contributed by atoms with van der Waals surface area (Å²) >= 11 is 9.24. The Morgan fingerprint density at radius 2 is 1.77 bits per heavy atom. The maximum atomic E-state index is 12.1. The summed E-state index contributed by atoms with van der Waals surface area (Å²) in [6.45, 7) is 1.50. The SMILES string of the molecule is C[C@H](OC(=O)c1ccccc1Br)C(=O)Nc1ccccc1Cl. The van der Waals surface area contributed by atoms with Crippen LogP contribution in [0.1, 0.15) is 17.3 Å². The van der Waals surface area contributed by atoms with Gasteiger partial charge in [-0.05, 0) is 47.1 Å². The van der Waals surface area contributed by atoms with Gasteiger partial charge in [0.25, 0.3) is 5.91 Å². The van der Waals surface area contributed by atoms with Crippen LogP contribution in [0.5, 0.6) is 0 Å². The summed E-state index contributed by atoms with van der Waals surface area (Å²) in [4.78, 5) is 24.1. The number of carbonyl (C=O) groups is 2. The van der Waals surface area contributed by atoms with Crippen molar-refractivity contribution in [2.45, 2.75) is 13.0 Å². The average Bonchev–Trinajstić information content (AvgIpc) is 2.49. The molecule has 0 saturated heterocycles. The molecule has 6 heteroatoms. The molecule has 114 valence electrons. The number of hydrogen-bond donors (Lipinski definition) is 1. The van der Waals surface area contributed by atoms with Gasteiger partial charge in [0.15, 0.2) is 6.10 Å². The summed E-state index contributed by atoms with van der Waals surface area (Å²) in [6, 6.07) is 13.7. The van der Waals surface area contributed by atoms with Crippen molar-refractivity contribution in [3.63, 3.8) is 0 Å². The van der Waals surface area contributed by atoms with Crippen molar-refractivity contribution < 1.29 is 14.3 Å². The van der Waals surface area contributed by atoms with Crippen LogP contribution in [-0.2, 0) is 9.53 Å². The molecule has 0 aliphatic carbocycles. The highest BCUT2D eigenvalue weighted by Gasteiger charge is 2.20. The zero-order chi connectivity index (χ0) is 16.1. The monoisotopic (exact) mass is 381 g/mol. The van der Waals surface area contributed by atoms with E-state index in [1.54, 1.807) is 48.5 Å². The predicted molar refractivity (Wildman–Crippen MR) is 89.1 cm³/mol. The van der Waals surface area contributed by atoms with Gasteiger partial charge in [0.05, 0.1) is 16.3 Å². The van der Waals surface area contributed by atoms with Gasteiger partial charge in [0, 0.05) is 4.47 Å². The molecule has 0 heterocycles. The van der Waals surface area contributed by atoms with E-state index in [1.807, 2.05) is 0 Å². The first kappa shape index (κ1) is 16.5. The van der Waals surface area contributed by atoms with Gasteiger partial charge in [-0.25, -0.2) is 4.79 Å². The molecule has 2 aromatic carbocycles. The fourth-order valence-corrected chi connectivity index (χ4v) is 2.33. The van der Waals surface area contributed by atoms with Gasteiger partial charge in [0.1, 0.15) is 0 Å². The maximum absolute atomic E-state index is 12.1. The zero-order valence-corrected chi connectivity index (χ0v) is 14.0. The number of esters is 1. The van der Waals surface area contributed by atoms with Crippen molar-refractivity contribution in [1.82, 2.24) is 0 Å². The summed E-state index contributed by atoms with van der Waals surface area (Å²) in [5.41, 5.74) is 0.831. The zero-order valence-electron chi connectivity index (χ0n) is 11.7. The number of nitrogens with one attached hydrogen (secondary N) is 1. The lowest BCUT2D eigenvalue weighted by Crippen LogP contribution is -2.30. The van der Waals surface area contributed by atoms with E-state index in [0.29, 0.717) is 20.7 Å². The molecular formula is C16H13BrClNO3. The molecule has 4 nitrogen and oxygen atoms in total. The van der Waals surface area contributed by atoms with E-state index in [0.717, 1.165) is 0 Å². The van der Waals surface area contributed by atoms with Crippen LogP contribution >= 0.6 is 27.5 Å². The molecule has 1 atom stereocenters. The molecule has 0 aromatic heterocycles. The first-order valence-electron chi connectivity index (χ1n) is 6.50. The highest BCUT2D eigenvalue weighted by atomic mass is 79.9. The second-order valence-electron chi connectivity index (χ2n) is 4.50. The number of benzene rings is 2. The quantitative estimate of drug-likeness (QED) is 0.803. The molecule has 2 rings (SSSR count). The molecule has 22 heavy (non-hydrogen) atoms. The topological polar surface area (TPSA) is 55.4 Å². The Kier molecular flexibility index (Phi) is 5.57. The molecule has 2 aromatic rings. The number of amides is 1. The lowest BCUT2D eigenvalue weighted by molar-refractivity contribution is -0.123. The second kappa shape index (κ2) is 7.42. The Hall–Kier alpha value is -1.85. The van der Waals surface area contributed by atoms with Gasteiger partial charge in [-0.2, -0.15) is 0 Å². The minimum atomic E-state index is -0.948. The van der Waals surface area contributed by atoms with E-state index in [4.69, 9.17) is 16.3 Å². The van der Waals surface area contributed by atoms with Crippen LogP contribution < -0.4 is 5.32 Å². The third-order valence-corrected chi connectivity index (χ3v) is 3.90. The predicted octanol–water partition coefficient (Wildman–Crippen LogP) is 4.29. The Morgan fingerprint density at radius 3 is 2.45 bits per heavy atom. The molecule has 0 unspecified atom stereocenters. The third-order valence-electron chi connectivity index (χ3n) is 2.88. The second-order valence-corrected chi connectivity index (χ2v) is 5.76. The van der Waals surface area contributed by atoms with E-state index in [9.17, 15) is 9.59 Å². The first-order chi connectivity index (χ1) is 10.5. The van der Waals surface area contributed by atoms with Crippen molar-refractivity contribution in [1.29, 1.82) is 0 Å². The maximum Gasteiger partial charge on any atom is 0.340 e. The van der Waals surface area contributed by atoms with Crippen LogP contribution in [0.3, 0.4) is 0 Å². The molecule has 0 aliphatic rings. The minimum absolute atomic E-state index is 0.361. The van der Waals surface area contributed by atoms with Gasteiger partial charge >= 0.3 is 5.97 Å². The van der Waals surface area contributed by atoms with E-state index < -0.39 is 18.0 Å². The van der Waals surface area contributed by atoms with E-state index in [2.05, 4.69) is 21.2 Å². The largest absolute Gasteiger partial charge is 0.449 e. The summed E-state index contributed by atoms with van der Waals surface area (Å²) in [7, 11) is 0. The minimum Gasteiger partial charge on any atom is -0.449 e. The highest BCUT2D eigenvalue weighted by molar-refractivity contribution is 9.10. The molecular weight excluding hydrogens is 370 g/mol. The van der Waals surface area contributed by atoms with E-state index in [1.165, 1.54) is 6.92 Å². The number of carbonyl (C=O) groups excluding carboxylic acids is 2. The van der Waals surface area contributed by atoms with Gasteiger partial charge < -0.3 is 10.1 Å². The number of ether oxygens (including phenoxy) is 1. The summed E-state index contributed by atoms with van der Waals surface area (Å²) in [6.07, 6.45) is -0.948. The van der Waals surface area contributed by atoms with Crippen molar-refractivity contribution >= 4 is 45.1 Å². The summed E-state index contributed by atoms with van der Waals surface area (Å²) in [5, 5.41) is 3.04. The molecule has 0 spiro atoms. The van der Waals surface area contributed by atoms with Crippen molar-refractivity contribution in [2.24, 2.45) is 0 Å². The van der Waals surface area contributed by atoms with Crippen LogP contribution in [0, 0.1) is 0 Å². The Bertz CT molecular complexity index is 705. The highest BCUT2D eigenvalue weighted by Crippen LogP contribution is 2.21. The summed E-state index contributed by atoms with van der Waals surface area (Å²) < 4.78 is 5.78. The lowest BCUT2D eigenvalue weighted by Gasteiger charge is -2.14. The number of halogens is 2. The van der Waals surface area contributed by atoms with Crippen LogP contribution in [-0.4, -0.2) is 18.0 Å². The number of hydrogen-bond acceptors (Lipinski definition) is 3. The Labute approximate surface area is 141 Å². The van der Waals surface area contributed by atoms with Gasteiger partial charge in [-0.1, -0.05) is 35.9 Å². The van der Waals surface area contributed by atoms with Crippen molar-refractivity contribution in [3.8, 4) is 0 Å². The fourth-order valence-electron chi connectivity index (χ4n) is 1.70. The Morgan fingerprint density at radius 1 is 1.14 bits per heavy atom. The summed E-state index contributed by atoms with van der Waals surface area (Å²) in [5.74, 6) is -1.03. The van der Waals surface area contributed by atoms with E-state index >= 15 is 0 Å². The normalized spacial score (nSPS) is 11.6. The first-order valence-corrected chi connectivity index (χ1v) is 7.67. The molecule has 0 saturated carbocycles. The van der Waals surface area contributed by atoms with Gasteiger partial charge in [-0.3, -0.25) is 4.79 Å². The number of rotatable bonds is 4.